The van der Waals surface area contributed by atoms with Gasteiger partial charge in [0.15, 0.2) is 16.7 Å². The van der Waals surface area contributed by atoms with E-state index in [1.165, 1.54) is 19.1 Å². The number of amidine groups is 1. The molecule has 246 valence electrons. The molecule has 7 N–H and O–H groups in total. The van der Waals surface area contributed by atoms with Crippen LogP contribution < -0.4 is 31.6 Å². The molecule has 0 aliphatic carbocycles. The number of carbonyl (C=O) groups excluding carboxylic acids is 3. The zero-order valence-electron chi connectivity index (χ0n) is 26.1. The van der Waals surface area contributed by atoms with E-state index in [-0.39, 0.29) is 52.6 Å². The number of thioether (sulfide) groups is 1. The summed E-state index contributed by atoms with van der Waals surface area (Å²) in [6, 6.07) is 18.0. The van der Waals surface area contributed by atoms with E-state index in [0.717, 1.165) is 23.0 Å². The second-order valence-electron chi connectivity index (χ2n) is 11.1. The fourth-order valence-corrected chi connectivity index (χ4v) is 6.69. The number of aromatic hydroxyl groups is 1. The maximum absolute atomic E-state index is 14.2. The molecule has 47 heavy (non-hydrogen) atoms. The SMILES string of the molecule is COc1cc(/C=C2\SC(=Nc3ccccc3)N(C(CCCN)C(=O)N[C@H](CC3CNc4ccccc43)C(N)=O)C2=O)cc(OC)c1O. The van der Waals surface area contributed by atoms with Crippen molar-refractivity contribution in [3.8, 4) is 17.2 Å². The Morgan fingerprint density at radius 2 is 1.81 bits per heavy atom. The number of methoxy groups -OCH3 is 2. The first-order chi connectivity index (χ1) is 22.7. The van der Waals surface area contributed by atoms with Gasteiger partial charge in [-0.25, -0.2) is 4.99 Å². The summed E-state index contributed by atoms with van der Waals surface area (Å²) >= 11 is 1.10. The maximum atomic E-state index is 14.2. The van der Waals surface area contributed by atoms with E-state index in [1.807, 2.05) is 42.5 Å². The minimum absolute atomic E-state index is 0.0421. The molecule has 2 unspecified atom stereocenters. The van der Waals surface area contributed by atoms with Crippen LogP contribution in [0.3, 0.4) is 0 Å². The number of ether oxygens (including phenoxy) is 2. The fraction of sp³-hybridized carbons (Fsp3) is 0.294. The second kappa shape index (κ2) is 15.1. The Labute approximate surface area is 277 Å². The van der Waals surface area contributed by atoms with Gasteiger partial charge < -0.3 is 36.7 Å². The van der Waals surface area contributed by atoms with E-state index >= 15 is 0 Å². The van der Waals surface area contributed by atoms with Gasteiger partial charge in [-0.3, -0.25) is 19.3 Å². The Bertz CT molecular complexity index is 1670. The molecule has 3 aromatic carbocycles. The topological polar surface area (TPSA) is 182 Å². The first-order valence-electron chi connectivity index (χ1n) is 15.2. The van der Waals surface area contributed by atoms with E-state index in [4.69, 9.17) is 25.9 Å². The molecule has 2 heterocycles. The van der Waals surface area contributed by atoms with Gasteiger partial charge in [0.05, 0.1) is 24.8 Å². The number of phenolic OH excluding ortho intramolecular Hbond substituents is 1. The third kappa shape index (κ3) is 7.53. The molecule has 0 bridgehead atoms. The normalized spacial score (nSPS) is 18.5. The van der Waals surface area contributed by atoms with Crippen molar-refractivity contribution in [2.24, 2.45) is 16.5 Å². The van der Waals surface area contributed by atoms with Crippen molar-refractivity contribution < 1.29 is 29.0 Å². The largest absolute Gasteiger partial charge is 0.502 e. The lowest BCUT2D eigenvalue weighted by molar-refractivity contribution is -0.135. The summed E-state index contributed by atoms with van der Waals surface area (Å²) in [4.78, 5) is 47.3. The number of carbonyl (C=O) groups is 3. The number of nitrogens with two attached hydrogens (primary N) is 2. The quantitative estimate of drug-likeness (QED) is 0.171. The Hall–Kier alpha value is -5.01. The van der Waals surface area contributed by atoms with Gasteiger partial charge in [0, 0.05) is 18.2 Å². The zero-order chi connectivity index (χ0) is 33.5. The van der Waals surface area contributed by atoms with Crippen LogP contribution in [-0.2, 0) is 14.4 Å². The molecule has 0 spiro atoms. The summed E-state index contributed by atoms with van der Waals surface area (Å²) < 4.78 is 10.6. The number of phenols is 1. The van der Waals surface area contributed by atoms with Gasteiger partial charge in [-0.15, -0.1) is 0 Å². The van der Waals surface area contributed by atoms with E-state index < -0.39 is 29.8 Å². The highest BCUT2D eigenvalue weighted by molar-refractivity contribution is 8.18. The van der Waals surface area contributed by atoms with Crippen molar-refractivity contribution in [3.05, 3.63) is 82.8 Å². The highest BCUT2D eigenvalue weighted by Gasteiger charge is 2.42. The van der Waals surface area contributed by atoms with Crippen LogP contribution in [0.2, 0.25) is 0 Å². The first kappa shape index (κ1) is 33.4. The zero-order valence-corrected chi connectivity index (χ0v) is 27.0. The molecule has 0 aromatic heterocycles. The molecule has 1 fully saturated rings. The third-order valence-electron chi connectivity index (χ3n) is 8.03. The van der Waals surface area contributed by atoms with Crippen LogP contribution in [0, 0.1) is 0 Å². The summed E-state index contributed by atoms with van der Waals surface area (Å²) in [5.74, 6) is -1.55. The van der Waals surface area contributed by atoms with Crippen LogP contribution in [0.1, 0.15) is 36.3 Å². The molecular weight excluding hydrogens is 620 g/mol. The molecule has 2 aliphatic rings. The molecular formula is C34H38N6O6S. The van der Waals surface area contributed by atoms with Gasteiger partial charge in [0.25, 0.3) is 5.91 Å². The number of primary amides is 1. The van der Waals surface area contributed by atoms with Gasteiger partial charge in [0.1, 0.15) is 12.1 Å². The van der Waals surface area contributed by atoms with Crippen LogP contribution in [0.15, 0.2) is 76.6 Å². The molecule has 0 radical (unpaired) electrons. The van der Waals surface area contributed by atoms with Crippen molar-refractivity contribution in [2.45, 2.75) is 37.3 Å². The lowest BCUT2D eigenvalue weighted by Crippen LogP contribution is -2.54. The van der Waals surface area contributed by atoms with Crippen molar-refractivity contribution in [1.29, 1.82) is 0 Å². The number of hydrogen-bond donors (Lipinski definition) is 5. The monoisotopic (exact) mass is 658 g/mol. The lowest BCUT2D eigenvalue weighted by atomic mass is 9.93. The fourth-order valence-electron chi connectivity index (χ4n) is 5.66. The minimum atomic E-state index is -1.04. The van der Waals surface area contributed by atoms with Gasteiger partial charge in [0.2, 0.25) is 17.6 Å². The van der Waals surface area contributed by atoms with Crippen molar-refractivity contribution >= 4 is 52.1 Å². The smallest absolute Gasteiger partial charge is 0.267 e. The molecule has 13 heteroatoms. The number of rotatable bonds is 13. The first-order valence-corrected chi connectivity index (χ1v) is 16.0. The number of benzene rings is 3. The van der Waals surface area contributed by atoms with Gasteiger partial charge in [-0.1, -0.05) is 36.4 Å². The molecule has 2 aliphatic heterocycles. The van der Waals surface area contributed by atoms with E-state index in [9.17, 15) is 19.5 Å². The van der Waals surface area contributed by atoms with Crippen LogP contribution in [0.4, 0.5) is 11.4 Å². The van der Waals surface area contributed by atoms with Gasteiger partial charge >= 0.3 is 0 Å². The molecule has 12 nitrogen and oxygen atoms in total. The third-order valence-corrected chi connectivity index (χ3v) is 9.02. The average molecular weight is 659 g/mol. The minimum Gasteiger partial charge on any atom is -0.502 e. The number of aliphatic imine (C=N–C) groups is 1. The van der Waals surface area contributed by atoms with E-state index in [2.05, 4.69) is 10.6 Å². The number of hydrogen-bond acceptors (Lipinski definition) is 10. The molecule has 3 amide bonds. The molecule has 3 atom stereocenters. The number of nitrogens with one attached hydrogen (secondary N) is 2. The Morgan fingerprint density at radius 1 is 1.13 bits per heavy atom. The summed E-state index contributed by atoms with van der Waals surface area (Å²) in [6.45, 7) is 0.884. The van der Waals surface area contributed by atoms with Crippen molar-refractivity contribution in [1.82, 2.24) is 10.2 Å². The highest BCUT2D eigenvalue weighted by Crippen LogP contribution is 2.41. The summed E-state index contributed by atoms with van der Waals surface area (Å²) in [5, 5.41) is 16.8. The number of para-hydroxylation sites is 2. The Kier molecular flexibility index (Phi) is 10.7. The van der Waals surface area contributed by atoms with Crippen LogP contribution >= 0.6 is 11.8 Å². The maximum Gasteiger partial charge on any atom is 0.267 e. The van der Waals surface area contributed by atoms with Crippen LogP contribution in [0.25, 0.3) is 6.08 Å². The second-order valence-corrected chi connectivity index (χ2v) is 12.1. The Morgan fingerprint density at radius 3 is 2.47 bits per heavy atom. The number of nitrogens with zero attached hydrogens (tertiary/aromatic N) is 2. The van der Waals surface area contributed by atoms with Crippen molar-refractivity contribution in [2.75, 3.05) is 32.6 Å². The molecule has 5 rings (SSSR count). The van der Waals surface area contributed by atoms with Gasteiger partial charge in [-0.2, -0.15) is 0 Å². The van der Waals surface area contributed by atoms with Crippen LogP contribution in [-0.4, -0.2) is 72.3 Å². The molecule has 1 saturated heterocycles. The number of fused-ring (bicyclic) bond motifs is 1. The van der Waals surface area contributed by atoms with Crippen molar-refractivity contribution in [3.63, 3.8) is 0 Å². The predicted molar refractivity (Wildman–Crippen MR) is 183 cm³/mol. The lowest BCUT2D eigenvalue weighted by Gasteiger charge is -2.28. The number of amides is 3. The number of anilines is 1. The summed E-state index contributed by atoms with van der Waals surface area (Å²) in [6.07, 6.45) is 2.55. The van der Waals surface area contributed by atoms with E-state index in [0.29, 0.717) is 24.2 Å². The summed E-state index contributed by atoms with van der Waals surface area (Å²) in [7, 11) is 2.82. The van der Waals surface area contributed by atoms with Gasteiger partial charge in [-0.05, 0) is 85.1 Å². The molecule has 3 aromatic rings. The Balaban J connectivity index is 1.49. The highest BCUT2D eigenvalue weighted by atomic mass is 32.2. The van der Waals surface area contributed by atoms with E-state index in [1.54, 1.807) is 30.3 Å². The standard InChI is InChI=1S/C34H38N6O6S/c1-45-27-15-20(16-28(46-2)30(27)41)17-29-33(44)40(34(47-29)38-22-9-4-3-5-10-22)26(13-8-14-35)32(43)39-25(31(36)42)18-21-19-37-24-12-7-6-11-23(21)24/h3-7,9-12,15-17,21,25-26,37,41H,8,13-14,18-19,35H2,1-2H3,(H2,36,42)(H,39,43)/b29-17-,38-34?/t21?,25-,26?/m1/s1. The van der Waals surface area contributed by atoms with Crippen LogP contribution in [0.5, 0.6) is 17.2 Å². The predicted octanol–water partition coefficient (Wildman–Crippen LogP) is 3.69. The molecule has 0 saturated carbocycles. The average Bonchev–Trinajstić information content (AvgIpc) is 3.61. The summed E-state index contributed by atoms with van der Waals surface area (Å²) in [5.41, 5.74) is 14.8.